The van der Waals surface area contributed by atoms with E-state index in [1.807, 2.05) is 32.9 Å². The van der Waals surface area contributed by atoms with Crippen LogP contribution in [0.15, 0.2) is 42.5 Å². The Balaban J connectivity index is 1.98. The molecule has 2 nitrogen and oxygen atoms in total. The van der Waals surface area contributed by atoms with Gasteiger partial charge >= 0.3 is 5.97 Å². The average Bonchev–Trinajstić information content (AvgIpc) is 2.38. The average molecular weight is 258 g/mol. The second kappa shape index (κ2) is 5.60. The standard InChI is InChI=1S/C17H22O2/c1-17(2,3)19-16(18)15-11-9-14(10-12-15)13-7-5-4-6-8-13/h4-9,11,14-15H,10,12H2,1-3H3/t14-,15+/m1/s1. The van der Waals surface area contributed by atoms with Crippen LogP contribution in [0.1, 0.15) is 45.1 Å². The molecule has 102 valence electrons. The first-order valence-corrected chi connectivity index (χ1v) is 6.92. The summed E-state index contributed by atoms with van der Waals surface area (Å²) in [6.45, 7) is 5.72. The smallest absolute Gasteiger partial charge is 0.313 e. The van der Waals surface area contributed by atoms with Gasteiger partial charge in [0, 0.05) is 5.92 Å². The first-order chi connectivity index (χ1) is 8.96. The van der Waals surface area contributed by atoms with Gasteiger partial charge in [-0.25, -0.2) is 0 Å². The van der Waals surface area contributed by atoms with E-state index in [4.69, 9.17) is 4.74 Å². The Morgan fingerprint density at radius 3 is 2.32 bits per heavy atom. The molecule has 0 aliphatic heterocycles. The summed E-state index contributed by atoms with van der Waals surface area (Å²) in [6.07, 6.45) is 6.03. The molecule has 0 saturated heterocycles. The van der Waals surface area contributed by atoms with Crippen LogP contribution in [0.25, 0.3) is 0 Å². The Kier molecular flexibility index (Phi) is 4.08. The van der Waals surface area contributed by atoms with Crippen LogP contribution in [0.3, 0.4) is 0 Å². The van der Waals surface area contributed by atoms with E-state index < -0.39 is 5.60 Å². The fourth-order valence-electron chi connectivity index (χ4n) is 2.37. The third-order valence-corrected chi connectivity index (χ3v) is 3.30. The maximum Gasteiger partial charge on any atom is 0.313 e. The van der Waals surface area contributed by atoms with Gasteiger partial charge in [-0.15, -0.1) is 0 Å². The number of rotatable bonds is 2. The van der Waals surface area contributed by atoms with Crippen molar-refractivity contribution in [2.75, 3.05) is 0 Å². The number of benzene rings is 1. The van der Waals surface area contributed by atoms with Crippen LogP contribution in [-0.2, 0) is 9.53 Å². The van der Waals surface area contributed by atoms with Crippen molar-refractivity contribution in [3.63, 3.8) is 0 Å². The van der Waals surface area contributed by atoms with Crippen LogP contribution in [0, 0.1) is 5.92 Å². The lowest BCUT2D eigenvalue weighted by Gasteiger charge is -2.26. The van der Waals surface area contributed by atoms with Gasteiger partial charge in [0.05, 0.1) is 5.92 Å². The number of carbonyl (C=O) groups is 1. The molecular formula is C17H22O2. The summed E-state index contributed by atoms with van der Waals surface area (Å²) in [5, 5.41) is 0. The predicted octanol–water partition coefficient (Wildman–Crippen LogP) is 4.08. The minimum absolute atomic E-state index is 0.0841. The van der Waals surface area contributed by atoms with Crippen molar-refractivity contribution in [1.82, 2.24) is 0 Å². The maximum atomic E-state index is 12.0. The number of allylic oxidation sites excluding steroid dienone is 1. The quantitative estimate of drug-likeness (QED) is 0.590. The van der Waals surface area contributed by atoms with Crippen molar-refractivity contribution in [3.05, 3.63) is 48.0 Å². The number of hydrogen-bond donors (Lipinski definition) is 0. The molecule has 2 heteroatoms. The van der Waals surface area contributed by atoms with Gasteiger partial charge < -0.3 is 4.74 Å². The second-order valence-electron chi connectivity index (χ2n) is 6.12. The highest BCUT2D eigenvalue weighted by molar-refractivity contribution is 5.75. The molecule has 0 saturated carbocycles. The third-order valence-electron chi connectivity index (χ3n) is 3.30. The largest absolute Gasteiger partial charge is 0.460 e. The van der Waals surface area contributed by atoms with Crippen LogP contribution in [-0.4, -0.2) is 11.6 Å². The molecule has 1 aliphatic rings. The Hall–Kier alpha value is -1.57. The summed E-state index contributed by atoms with van der Waals surface area (Å²) in [6, 6.07) is 10.4. The zero-order valence-electron chi connectivity index (χ0n) is 11.9. The van der Waals surface area contributed by atoms with Gasteiger partial charge in [0.25, 0.3) is 0 Å². The maximum absolute atomic E-state index is 12.0. The normalized spacial score (nSPS) is 23.1. The monoisotopic (exact) mass is 258 g/mol. The molecule has 0 N–H and O–H groups in total. The third kappa shape index (κ3) is 3.95. The van der Waals surface area contributed by atoms with Crippen LogP contribution in [0.2, 0.25) is 0 Å². The van der Waals surface area contributed by atoms with Crippen molar-refractivity contribution in [3.8, 4) is 0 Å². The molecule has 0 spiro atoms. The Morgan fingerprint density at radius 2 is 1.79 bits per heavy atom. The summed E-state index contributed by atoms with van der Waals surface area (Å²) in [4.78, 5) is 12.0. The van der Waals surface area contributed by atoms with E-state index in [2.05, 4.69) is 30.3 Å². The molecule has 0 amide bonds. The summed E-state index contributed by atoms with van der Waals surface area (Å²) in [5.41, 5.74) is 0.919. The van der Waals surface area contributed by atoms with Crippen molar-refractivity contribution in [2.24, 2.45) is 5.92 Å². The topological polar surface area (TPSA) is 26.3 Å². The highest BCUT2D eigenvalue weighted by Crippen LogP contribution is 2.31. The van der Waals surface area contributed by atoms with E-state index in [0.29, 0.717) is 5.92 Å². The van der Waals surface area contributed by atoms with Gasteiger partial charge in [0.2, 0.25) is 0 Å². The number of hydrogen-bond acceptors (Lipinski definition) is 2. The van der Waals surface area contributed by atoms with Crippen LogP contribution >= 0.6 is 0 Å². The van der Waals surface area contributed by atoms with E-state index in [9.17, 15) is 4.79 Å². The van der Waals surface area contributed by atoms with Crippen LogP contribution in [0.4, 0.5) is 0 Å². The number of ether oxygens (including phenoxy) is 1. The molecule has 0 aromatic heterocycles. The highest BCUT2D eigenvalue weighted by atomic mass is 16.6. The number of carbonyl (C=O) groups excluding carboxylic acids is 1. The molecule has 0 bridgehead atoms. The lowest BCUT2D eigenvalue weighted by atomic mass is 9.84. The molecule has 0 radical (unpaired) electrons. The Morgan fingerprint density at radius 1 is 1.11 bits per heavy atom. The predicted molar refractivity (Wildman–Crippen MR) is 76.9 cm³/mol. The fourth-order valence-corrected chi connectivity index (χ4v) is 2.37. The molecule has 1 aromatic carbocycles. The van der Waals surface area contributed by atoms with Crippen LogP contribution in [0.5, 0.6) is 0 Å². The molecule has 2 atom stereocenters. The summed E-state index contributed by atoms with van der Waals surface area (Å²) < 4.78 is 5.43. The van der Waals surface area contributed by atoms with Gasteiger partial charge in [-0.2, -0.15) is 0 Å². The van der Waals surface area contributed by atoms with Gasteiger partial charge in [-0.05, 0) is 39.2 Å². The van der Waals surface area contributed by atoms with Crippen molar-refractivity contribution in [2.45, 2.75) is 45.1 Å². The zero-order valence-corrected chi connectivity index (χ0v) is 11.9. The van der Waals surface area contributed by atoms with Crippen molar-refractivity contribution >= 4 is 5.97 Å². The van der Waals surface area contributed by atoms with Gasteiger partial charge in [0.1, 0.15) is 5.60 Å². The molecule has 0 heterocycles. The lowest BCUT2D eigenvalue weighted by molar-refractivity contribution is -0.158. The molecule has 0 unspecified atom stereocenters. The second-order valence-corrected chi connectivity index (χ2v) is 6.12. The van der Waals surface area contributed by atoms with Gasteiger partial charge in [0.15, 0.2) is 0 Å². The highest BCUT2D eigenvalue weighted by Gasteiger charge is 2.26. The van der Waals surface area contributed by atoms with E-state index in [0.717, 1.165) is 12.8 Å². The number of esters is 1. The van der Waals surface area contributed by atoms with Gasteiger partial charge in [-0.3, -0.25) is 4.79 Å². The van der Waals surface area contributed by atoms with Crippen molar-refractivity contribution < 1.29 is 9.53 Å². The molecule has 0 fully saturated rings. The Labute approximate surface area is 115 Å². The van der Waals surface area contributed by atoms with Crippen molar-refractivity contribution in [1.29, 1.82) is 0 Å². The molecule has 1 aliphatic carbocycles. The van der Waals surface area contributed by atoms with Crippen LogP contribution < -0.4 is 0 Å². The molecule has 1 aromatic rings. The minimum Gasteiger partial charge on any atom is -0.460 e. The lowest BCUT2D eigenvalue weighted by Crippen LogP contribution is -2.29. The summed E-state index contributed by atoms with van der Waals surface area (Å²) in [5.74, 6) is 0.245. The molecular weight excluding hydrogens is 236 g/mol. The first kappa shape index (κ1) is 13.9. The van der Waals surface area contributed by atoms with E-state index >= 15 is 0 Å². The summed E-state index contributed by atoms with van der Waals surface area (Å²) in [7, 11) is 0. The van der Waals surface area contributed by atoms with E-state index in [-0.39, 0.29) is 11.9 Å². The van der Waals surface area contributed by atoms with E-state index in [1.165, 1.54) is 5.56 Å². The fraction of sp³-hybridized carbons (Fsp3) is 0.471. The summed E-state index contributed by atoms with van der Waals surface area (Å²) >= 11 is 0. The van der Waals surface area contributed by atoms with Gasteiger partial charge in [-0.1, -0.05) is 42.5 Å². The zero-order chi connectivity index (χ0) is 13.9. The van der Waals surface area contributed by atoms with E-state index in [1.54, 1.807) is 0 Å². The first-order valence-electron chi connectivity index (χ1n) is 6.92. The molecule has 2 rings (SSSR count). The Bertz CT molecular complexity index is 454. The minimum atomic E-state index is -0.402. The molecule has 19 heavy (non-hydrogen) atoms. The SMILES string of the molecule is CC(C)(C)OC(=O)[C@H]1C=C[C@@H](c2ccccc2)CC1.